The third kappa shape index (κ3) is 3.12. The van der Waals surface area contributed by atoms with Gasteiger partial charge in [-0.3, -0.25) is 4.90 Å². The minimum absolute atomic E-state index is 0.0801. The van der Waals surface area contributed by atoms with Crippen molar-refractivity contribution in [1.29, 1.82) is 0 Å². The molecule has 1 saturated heterocycles. The van der Waals surface area contributed by atoms with E-state index in [0.29, 0.717) is 0 Å². The zero-order valence-electron chi connectivity index (χ0n) is 11.1. The highest BCUT2D eigenvalue weighted by Crippen LogP contribution is 2.16. The molecule has 0 bridgehead atoms. The average molecular weight is 291 g/mol. The van der Waals surface area contributed by atoms with Crippen molar-refractivity contribution in [3.05, 3.63) is 34.5 Å². The molecule has 0 aliphatic carbocycles. The van der Waals surface area contributed by atoms with Gasteiger partial charge in [0.15, 0.2) is 0 Å². The minimum Gasteiger partial charge on any atom is -0.391 e. The van der Waals surface area contributed by atoms with Crippen molar-refractivity contribution < 1.29 is 5.11 Å². The summed E-state index contributed by atoms with van der Waals surface area (Å²) < 4.78 is 0. The molecule has 3 heterocycles. The first-order valence-electron chi connectivity index (χ1n) is 6.64. The van der Waals surface area contributed by atoms with Crippen molar-refractivity contribution in [2.45, 2.75) is 13.2 Å². The summed E-state index contributed by atoms with van der Waals surface area (Å²) in [6.45, 7) is 4.76. The van der Waals surface area contributed by atoms with Crippen LogP contribution in [0.1, 0.15) is 9.88 Å². The molecule has 0 radical (unpaired) electrons. The summed E-state index contributed by atoms with van der Waals surface area (Å²) in [5, 5.41) is 10.1. The maximum absolute atomic E-state index is 9.05. The van der Waals surface area contributed by atoms with Gasteiger partial charge in [0.25, 0.3) is 0 Å². The van der Waals surface area contributed by atoms with Crippen LogP contribution in [-0.2, 0) is 13.2 Å². The number of piperazine rings is 1. The van der Waals surface area contributed by atoms with Gasteiger partial charge in [-0.15, -0.1) is 11.3 Å². The van der Waals surface area contributed by atoms with Crippen LogP contribution in [-0.4, -0.2) is 51.1 Å². The van der Waals surface area contributed by atoms with E-state index in [1.54, 1.807) is 29.9 Å². The van der Waals surface area contributed by atoms with Gasteiger partial charge in [-0.1, -0.05) is 0 Å². The zero-order chi connectivity index (χ0) is 13.8. The Morgan fingerprint density at radius 2 is 1.85 bits per heavy atom. The van der Waals surface area contributed by atoms with E-state index in [4.69, 9.17) is 5.11 Å². The topological polar surface area (TPSA) is 65.4 Å². The monoisotopic (exact) mass is 291 g/mol. The molecule has 2 aromatic rings. The van der Waals surface area contributed by atoms with E-state index in [0.717, 1.165) is 48.6 Å². The van der Waals surface area contributed by atoms with Gasteiger partial charge in [-0.05, 0) is 6.07 Å². The van der Waals surface area contributed by atoms with E-state index >= 15 is 0 Å². The number of nitrogens with zero attached hydrogens (tertiary/aromatic N) is 5. The van der Waals surface area contributed by atoms with Crippen LogP contribution in [0.25, 0.3) is 0 Å². The molecule has 106 valence electrons. The van der Waals surface area contributed by atoms with Crippen LogP contribution < -0.4 is 4.90 Å². The molecule has 2 aromatic heterocycles. The fraction of sp³-hybridized carbons (Fsp3) is 0.462. The maximum Gasteiger partial charge on any atom is 0.225 e. The smallest absolute Gasteiger partial charge is 0.225 e. The highest BCUT2D eigenvalue weighted by atomic mass is 32.1. The maximum atomic E-state index is 9.05. The predicted molar refractivity (Wildman–Crippen MR) is 77.6 cm³/mol. The highest BCUT2D eigenvalue weighted by molar-refractivity contribution is 7.11. The lowest BCUT2D eigenvalue weighted by atomic mass is 10.3. The van der Waals surface area contributed by atoms with E-state index < -0.39 is 0 Å². The Labute approximate surface area is 121 Å². The molecular weight excluding hydrogens is 274 g/mol. The summed E-state index contributed by atoms with van der Waals surface area (Å²) in [5.41, 5.74) is 0. The highest BCUT2D eigenvalue weighted by Gasteiger charge is 2.19. The molecule has 1 aliphatic heterocycles. The second-order valence-corrected chi connectivity index (χ2v) is 5.89. The summed E-state index contributed by atoms with van der Waals surface area (Å²) >= 11 is 1.58. The van der Waals surface area contributed by atoms with Crippen LogP contribution in [0.4, 0.5) is 5.95 Å². The Balaban J connectivity index is 1.53. The van der Waals surface area contributed by atoms with E-state index in [9.17, 15) is 0 Å². The van der Waals surface area contributed by atoms with Crippen molar-refractivity contribution in [3.63, 3.8) is 0 Å². The summed E-state index contributed by atoms with van der Waals surface area (Å²) in [4.78, 5) is 18.4. The van der Waals surface area contributed by atoms with Crippen molar-refractivity contribution >= 4 is 17.3 Å². The van der Waals surface area contributed by atoms with Gasteiger partial charge in [-0.25, -0.2) is 15.0 Å². The van der Waals surface area contributed by atoms with Gasteiger partial charge in [0.1, 0.15) is 5.01 Å². The molecule has 0 saturated carbocycles. The normalized spacial score (nSPS) is 16.6. The van der Waals surface area contributed by atoms with Crippen LogP contribution in [0.3, 0.4) is 0 Å². The zero-order valence-corrected chi connectivity index (χ0v) is 12.0. The SMILES string of the molecule is OCc1cnc(CN2CCN(c3ncccn3)CC2)s1. The average Bonchev–Trinajstić information content (AvgIpc) is 2.97. The van der Waals surface area contributed by atoms with Gasteiger partial charge in [-0.2, -0.15) is 0 Å². The molecule has 0 spiro atoms. The molecule has 6 nitrogen and oxygen atoms in total. The van der Waals surface area contributed by atoms with Gasteiger partial charge < -0.3 is 10.0 Å². The number of aliphatic hydroxyl groups is 1. The van der Waals surface area contributed by atoms with Crippen molar-refractivity contribution in [1.82, 2.24) is 19.9 Å². The summed E-state index contributed by atoms with van der Waals surface area (Å²) in [5.74, 6) is 0.809. The Bertz CT molecular complexity index is 539. The van der Waals surface area contributed by atoms with Crippen molar-refractivity contribution in [3.8, 4) is 0 Å². The molecule has 20 heavy (non-hydrogen) atoms. The Morgan fingerprint density at radius 1 is 1.10 bits per heavy atom. The number of aliphatic hydroxyl groups excluding tert-OH is 1. The Hall–Kier alpha value is -1.57. The number of thiazole rings is 1. The fourth-order valence-electron chi connectivity index (χ4n) is 2.25. The third-order valence-corrected chi connectivity index (χ3v) is 4.29. The Kier molecular flexibility index (Phi) is 4.19. The molecule has 0 amide bonds. The van der Waals surface area contributed by atoms with E-state index in [-0.39, 0.29) is 6.61 Å². The first-order chi connectivity index (χ1) is 9.85. The molecule has 1 aliphatic rings. The van der Waals surface area contributed by atoms with Crippen molar-refractivity contribution in [2.24, 2.45) is 0 Å². The van der Waals surface area contributed by atoms with Gasteiger partial charge in [0.05, 0.1) is 18.0 Å². The number of aromatic nitrogens is 3. The van der Waals surface area contributed by atoms with E-state index in [1.807, 2.05) is 6.07 Å². The van der Waals surface area contributed by atoms with Crippen molar-refractivity contribution in [2.75, 3.05) is 31.1 Å². The van der Waals surface area contributed by atoms with Gasteiger partial charge >= 0.3 is 0 Å². The van der Waals surface area contributed by atoms with Crippen LogP contribution in [0.5, 0.6) is 0 Å². The van der Waals surface area contributed by atoms with E-state index in [1.165, 1.54) is 0 Å². The Morgan fingerprint density at radius 3 is 2.50 bits per heavy atom. The minimum atomic E-state index is 0.0801. The first-order valence-corrected chi connectivity index (χ1v) is 7.45. The lowest BCUT2D eigenvalue weighted by Crippen LogP contribution is -2.46. The largest absolute Gasteiger partial charge is 0.391 e. The second kappa shape index (κ2) is 6.25. The van der Waals surface area contributed by atoms with Crippen LogP contribution in [0.15, 0.2) is 24.7 Å². The molecule has 1 N–H and O–H groups in total. The molecule has 3 rings (SSSR count). The lowest BCUT2D eigenvalue weighted by molar-refractivity contribution is 0.248. The molecule has 0 unspecified atom stereocenters. The van der Waals surface area contributed by atoms with Crippen LogP contribution in [0.2, 0.25) is 0 Å². The fourth-order valence-corrected chi connectivity index (χ4v) is 3.07. The lowest BCUT2D eigenvalue weighted by Gasteiger charge is -2.34. The molecular formula is C13H17N5OS. The first kappa shape index (κ1) is 13.4. The molecule has 7 heteroatoms. The second-order valence-electron chi connectivity index (χ2n) is 4.69. The summed E-state index contributed by atoms with van der Waals surface area (Å²) in [6.07, 6.45) is 5.31. The molecule has 0 atom stereocenters. The third-order valence-electron chi connectivity index (χ3n) is 3.32. The molecule has 1 fully saturated rings. The van der Waals surface area contributed by atoms with Gasteiger partial charge in [0.2, 0.25) is 5.95 Å². The van der Waals surface area contributed by atoms with Crippen LogP contribution >= 0.6 is 11.3 Å². The number of rotatable bonds is 4. The summed E-state index contributed by atoms with van der Waals surface area (Å²) in [6, 6.07) is 1.83. The number of hydrogen-bond acceptors (Lipinski definition) is 7. The predicted octanol–water partition coefficient (Wildman–Crippen LogP) is 0.748. The standard InChI is InChI=1S/C13H17N5OS/c19-10-11-8-16-12(20-11)9-17-4-6-18(7-5-17)13-14-2-1-3-15-13/h1-3,8,19H,4-7,9-10H2. The van der Waals surface area contributed by atoms with Crippen LogP contribution in [0, 0.1) is 0 Å². The van der Waals surface area contributed by atoms with Gasteiger partial charge in [0, 0.05) is 44.8 Å². The number of anilines is 1. The number of hydrogen-bond donors (Lipinski definition) is 1. The quantitative estimate of drug-likeness (QED) is 0.896. The molecule has 0 aromatic carbocycles. The van der Waals surface area contributed by atoms with E-state index in [2.05, 4.69) is 24.8 Å². The summed E-state index contributed by atoms with van der Waals surface area (Å²) in [7, 11) is 0.